The molecule has 0 saturated carbocycles. The van der Waals surface area contributed by atoms with E-state index in [0.717, 1.165) is 54.5 Å². The molecular weight excluding hydrogens is 374 g/mol. The first-order chi connectivity index (χ1) is 13.7. The van der Waals surface area contributed by atoms with E-state index in [1.807, 2.05) is 29.3 Å². The van der Waals surface area contributed by atoms with Crippen LogP contribution in [0.2, 0.25) is 0 Å². The number of benzene rings is 1. The van der Waals surface area contributed by atoms with Gasteiger partial charge in [0.25, 0.3) is 0 Å². The predicted octanol–water partition coefficient (Wildman–Crippen LogP) is 3.57. The SMILES string of the molecule is CCOc1ccc(C2CCCN2C(=O)Cc2csc(N3CCCC3=O)n2)cc1. The number of nitrogens with zero attached hydrogens (tertiary/aromatic N) is 3. The van der Waals surface area contributed by atoms with Crippen LogP contribution < -0.4 is 9.64 Å². The summed E-state index contributed by atoms with van der Waals surface area (Å²) in [6, 6.07) is 8.17. The number of amides is 2. The summed E-state index contributed by atoms with van der Waals surface area (Å²) in [6.07, 6.45) is 3.74. The number of carbonyl (C=O) groups excluding carboxylic acids is 2. The van der Waals surface area contributed by atoms with Gasteiger partial charge in [0.15, 0.2) is 5.13 Å². The van der Waals surface area contributed by atoms with Crippen molar-refractivity contribution in [2.45, 2.75) is 45.1 Å². The van der Waals surface area contributed by atoms with Gasteiger partial charge in [-0.1, -0.05) is 12.1 Å². The zero-order valence-electron chi connectivity index (χ0n) is 16.1. The summed E-state index contributed by atoms with van der Waals surface area (Å²) in [5.74, 6) is 1.08. The van der Waals surface area contributed by atoms with E-state index in [9.17, 15) is 9.59 Å². The van der Waals surface area contributed by atoms with Crippen LogP contribution in [-0.4, -0.2) is 41.4 Å². The number of rotatable bonds is 6. The molecule has 0 N–H and O–H groups in total. The molecule has 1 atom stereocenters. The van der Waals surface area contributed by atoms with Crippen LogP contribution in [0.25, 0.3) is 0 Å². The summed E-state index contributed by atoms with van der Waals surface area (Å²) < 4.78 is 5.51. The molecule has 2 amide bonds. The van der Waals surface area contributed by atoms with Crippen LogP contribution in [0.5, 0.6) is 5.75 Å². The Kier molecular flexibility index (Phi) is 5.62. The summed E-state index contributed by atoms with van der Waals surface area (Å²) in [4.78, 5) is 33.1. The zero-order valence-corrected chi connectivity index (χ0v) is 16.9. The lowest BCUT2D eigenvalue weighted by molar-refractivity contribution is -0.131. The van der Waals surface area contributed by atoms with Crippen molar-refractivity contribution in [1.29, 1.82) is 0 Å². The van der Waals surface area contributed by atoms with Crippen molar-refractivity contribution in [1.82, 2.24) is 9.88 Å². The van der Waals surface area contributed by atoms with Gasteiger partial charge in [-0.2, -0.15) is 0 Å². The molecule has 0 radical (unpaired) electrons. The van der Waals surface area contributed by atoms with Crippen LogP contribution in [0.1, 0.15) is 49.9 Å². The third-order valence-corrected chi connectivity index (χ3v) is 6.24. The number of hydrogen-bond acceptors (Lipinski definition) is 5. The van der Waals surface area contributed by atoms with E-state index in [4.69, 9.17) is 4.74 Å². The van der Waals surface area contributed by atoms with E-state index < -0.39 is 0 Å². The highest BCUT2D eigenvalue weighted by Crippen LogP contribution is 2.33. The second-order valence-electron chi connectivity index (χ2n) is 7.19. The Labute approximate surface area is 169 Å². The first-order valence-electron chi connectivity index (χ1n) is 9.92. The van der Waals surface area contributed by atoms with Crippen LogP contribution in [0.4, 0.5) is 5.13 Å². The van der Waals surface area contributed by atoms with Gasteiger partial charge in [-0.3, -0.25) is 14.5 Å². The maximum absolute atomic E-state index is 12.9. The lowest BCUT2D eigenvalue weighted by atomic mass is 10.0. The lowest BCUT2D eigenvalue weighted by Crippen LogP contribution is -2.32. The Bertz CT molecular complexity index is 849. The molecule has 28 heavy (non-hydrogen) atoms. The van der Waals surface area contributed by atoms with Gasteiger partial charge < -0.3 is 9.64 Å². The number of hydrogen-bond donors (Lipinski definition) is 0. The van der Waals surface area contributed by atoms with Crippen LogP contribution in [-0.2, 0) is 16.0 Å². The third-order valence-electron chi connectivity index (χ3n) is 5.33. The first-order valence-corrected chi connectivity index (χ1v) is 10.8. The highest BCUT2D eigenvalue weighted by Gasteiger charge is 2.31. The van der Waals surface area contributed by atoms with E-state index in [-0.39, 0.29) is 24.3 Å². The molecule has 148 valence electrons. The van der Waals surface area contributed by atoms with Gasteiger partial charge in [-0.25, -0.2) is 4.98 Å². The van der Waals surface area contributed by atoms with Crippen LogP contribution in [0.3, 0.4) is 0 Å². The average molecular weight is 400 g/mol. The normalized spacial score (nSPS) is 19.5. The van der Waals surface area contributed by atoms with Crippen LogP contribution in [0.15, 0.2) is 29.6 Å². The molecule has 2 saturated heterocycles. The fourth-order valence-corrected chi connectivity index (χ4v) is 4.84. The average Bonchev–Trinajstić information content (AvgIpc) is 3.43. The van der Waals surface area contributed by atoms with Crippen molar-refractivity contribution in [3.63, 3.8) is 0 Å². The van der Waals surface area contributed by atoms with E-state index in [1.165, 1.54) is 11.3 Å². The van der Waals surface area contributed by atoms with Crippen molar-refractivity contribution in [3.8, 4) is 5.75 Å². The van der Waals surface area contributed by atoms with Gasteiger partial charge in [-0.05, 0) is 43.9 Å². The quantitative estimate of drug-likeness (QED) is 0.745. The van der Waals surface area contributed by atoms with Crippen LogP contribution in [0, 0.1) is 0 Å². The zero-order chi connectivity index (χ0) is 19.5. The number of anilines is 1. The van der Waals surface area contributed by atoms with E-state index in [2.05, 4.69) is 17.1 Å². The van der Waals surface area contributed by atoms with Crippen molar-refractivity contribution in [2.75, 3.05) is 24.6 Å². The fourth-order valence-electron chi connectivity index (χ4n) is 3.97. The highest BCUT2D eigenvalue weighted by molar-refractivity contribution is 7.14. The van der Waals surface area contributed by atoms with E-state index in [0.29, 0.717) is 13.0 Å². The van der Waals surface area contributed by atoms with Gasteiger partial charge in [-0.15, -0.1) is 11.3 Å². The van der Waals surface area contributed by atoms with Crippen LogP contribution >= 0.6 is 11.3 Å². The minimum atomic E-state index is 0.0981. The monoisotopic (exact) mass is 399 g/mol. The summed E-state index contributed by atoms with van der Waals surface area (Å²) in [5, 5.41) is 2.62. The molecule has 0 bridgehead atoms. The molecule has 2 aliphatic rings. The molecule has 1 aromatic heterocycles. The number of likely N-dealkylation sites (tertiary alicyclic amines) is 1. The highest BCUT2D eigenvalue weighted by atomic mass is 32.1. The van der Waals surface area contributed by atoms with Crippen molar-refractivity contribution < 1.29 is 14.3 Å². The second kappa shape index (κ2) is 8.31. The van der Waals surface area contributed by atoms with E-state index in [1.54, 1.807) is 4.90 Å². The molecule has 0 aliphatic carbocycles. The topological polar surface area (TPSA) is 62.7 Å². The Morgan fingerprint density at radius 2 is 2.07 bits per heavy atom. The summed E-state index contributed by atoms with van der Waals surface area (Å²) >= 11 is 1.45. The van der Waals surface area contributed by atoms with Gasteiger partial charge >= 0.3 is 0 Å². The Morgan fingerprint density at radius 1 is 1.25 bits per heavy atom. The Balaban J connectivity index is 1.42. The fraction of sp³-hybridized carbons (Fsp3) is 0.476. The second-order valence-corrected chi connectivity index (χ2v) is 8.03. The summed E-state index contributed by atoms with van der Waals surface area (Å²) in [5.41, 5.74) is 1.90. The summed E-state index contributed by atoms with van der Waals surface area (Å²) in [6.45, 7) is 4.12. The molecule has 2 aliphatic heterocycles. The number of carbonyl (C=O) groups is 2. The molecule has 0 spiro atoms. The Morgan fingerprint density at radius 3 is 2.79 bits per heavy atom. The van der Waals surface area contributed by atoms with Gasteiger partial charge in [0.1, 0.15) is 5.75 Å². The third kappa shape index (κ3) is 3.90. The Hall–Kier alpha value is -2.41. The molecule has 1 aromatic carbocycles. The molecule has 2 fully saturated rings. The maximum atomic E-state index is 12.9. The smallest absolute Gasteiger partial charge is 0.229 e. The van der Waals surface area contributed by atoms with Crippen molar-refractivity contribution in [3.05, 3.63) is 40.9 Å². The summed E-state index contributed by atoms with van der Waals surface area (Å²) in [7, 11) is 0. The maximum Gasteiger partial charge on any atom is 0.229 e. The molecule has 1 unspecified atom stereocenters. The number of aromatic nitrogens is 1. The van der Waals surface area contributed by atoms with E-state index >= 15 is 0 Å². The minimum Gasteiger partial charge on any atom is -0.494 e. The van der Waals surface area contributed by atoms with Gasteiger partial charge in [0.05, 0.1) is 24.8 Å². The molecule has 4 rings (SSSR count). The predicted molar refractivity (Wildman–Crippen MR) is 109 cm³/mol. The molecule has 2 aromatic rings. The minimum absolute atomic E-state index is 0.0981. The van der Waals surface area contributed by atoms with Gasteiger partial charge in [0.2, 0.25) is 11.8 Å². The van der Waals surface area contributed by atoms with Crippen molar-refractivity contribution in [2.24, 2.45) is 0 Å². The largest absolute Gasteiger partial charge is 0.494 e. The van der Waals surface area contributed by atoms with Crippen molar-refractivity contribution >= 4 is 28.3 Å². The molecular formula is C21H25N3O3S. The first kappa shape index (κ1) is 18.9. The number of ether oxygens (including phenoxy) is 1. The van der Waals surface area contributed by atoms with Gasteiger partial charge in [0, 0.05) is 24.9 Å². The standard InChI is InChI=1S/C21H25N3O3S/c1-2-27-17-9-7-15(8-10-17)18-5-3-11-23(18)20(26)13-16-14-28-21(22-16)24-12-4-6-19(24)25/h7-10,14,18H,2-6,11-13H2,1H3. The number of thiazole rings is 1. The molecule has 6 nitrogen and oxygen atoms in total. The molecule has 3 heterocycles. The molecule has 7 heteroatoms. The lowest BCUT2D eigenvalue weighted by Gasteiger charge is -2.25.